The van der Waals surface area contributed by atoms with Gasteiger partial charge in [-0.1, -0.05) is 96.4 Å². The molecule has 2 amide bonds. The Balaban J connectivity index is 1.11. The Morgan fingerprint density at radius 2 is 1.64 bits per heavy atom. The summed E-state index contributed by atoms with van der Waals surface area (Å²) in [5, 5.41) is 29.9. The second kappa shape index (κ2) is 23.9. The van der Waals surface area contributed by atoms with Crippen molar-refractivity contribution in [2.45, 2.75) is 217 Å². The summed E-state index contributed by atoms with van der Waals surface area (Å²) in [6.45, 7) is 19.4. The van der Waals surface area contributed by atoms with Crippen molar-refractivity contribution in [3.63, 3.8) is 0 Å². The molecule has 5 heterocycles. The average molecular weight is 983 g/mol. The zero-order chi connectivity index (χ0) is 50.5. The van der Waals surface area contributed by atoms with Crippen molar-refractivity contribution < 1.29 is 62.4 Å². The fourth-order valence-corrected chi connectivity index (χ4v) is 12.2. The molecular formula is C55H86N2O13. The lowest BCUT2D eigenvalue weighted by Crippen LogP contribution is -2.60. The summed E-state index contributed by atoms with van der Waals surface area (Å²) in [6.07, 6.45) is 14.7. The molecule has 20 atom stereocenters. The third-order valence-corrected chi connectivity index (χ3v) is 16.6. The zero-order valence-corrected chi connectivity index (χ0v) is 43.8. The fourth-order valence-electron chi connectivity index (χ4n) is 12.2. The smallest absolute Gasteiger partial charge is 0.316 e. The highest BCUT2D eigenvalue weighted by molar-refractivity contribution is 5.78. The standard InChI is InChI=1S/C55H86N2O13/c1-12-14-15-23-56-53(60)57-47-36(8)65-45(26-43(47)62-10)69-50-37(9)66-46(27-44(50)63-11)68-49-33(5)17-16-18-38-30-64-51-48(58)35(7)24-42(55(38,51)61)52(59)67-40-25-39(20-19-34(49)6)70-54(28-40)22-21-32(4)41(29-54)31(3)13-2/h16-19,21-22,24,31-33,36-37,39-51,58,61H,12-15,20,23,25-30H2,1-11H3,(H2,56,57,60)/b17-16+,34-19+,38-18+/t31-,32-,33-,36-,37-,39+,40-,41+,42-,43-,44-,45-,46-,47+,48+,49-,50-,51+,54-,55+/m0/s1. The molecule has 5 aliphatic heterocycles. The normalized spacial score (nSPS) is 44.7. The Kier molecular flexibility index (Phi) is 18.7. The molecule has 15 nitrogen and oxygen atoms in total. The largest absolute Gasteiger partial charge is 0.462 e. The molecule has 0 radical (unpaired) electrons. The van der Waals surface area contributed by atoms with Crippen LogP contribution in [0.25, 0.3) is 0 Å². The van der Waals surface area contributed by atoms with Crippen molar-refractivity contribution in [2.75, 3.05) is 27.4 Å². The second-order valence-electron chi connectivity index (χ2n) is 21.6. The van der Waals surface area contributed by atoms with Crippen LogP contribution in [0.4, 0.5) is 4.79 Å². The predicted octanol–water partition coefficient (Wildman–Crippen LogP) is 7.54. The van der Waals surface area contributed by atoms with Crippen molar-refractivity contribution in [1.82, 2.24) is 10.6 Å². The molecule has 7 rings (SSSR count). The molecule has 0 unspecified atom stereocenters. The first kappa shape index (κ1) is 54.8. The minimum atomic E-state index is -1.82. The lowest BCUT2D eigenvalue weighted by atomic mass is 9.68. The van der Waals surface area contributed by atoms with Gasteiger partial charge in [-0.05, 0) is 81.4 Å². The number of carbonyl (C=O) groups excluding carboxylic acids is 2. The van der Waals surface area contributed by atoms with Gasteiger partial charge < -0.3 is 63.5 Å². The molecule has 4 fully saturated rings. The van der Waals surface area contributed by atoms with Crippen LogP contribution in [-0.4, -0.2) is 140 Å². The van der Waals surface area contributed by atoms with Gasteiger partial charge in [-0.25, -0.2) is 4.79 Å². The van der Waals surface area contributed by atoms with E-state index in [0.29, 0.717) is 67.5 Å². The highest BCUT2D eigenvalue weighted by Crippen LogP contribution is 2.48. The number of allylic oxidation sites excluding steroid dienone is 3. The number of aliphatic hydroxyl groups is 2. The van der Waals surface area contributed by atoms with E-state index >= 15 is 0 Å². The third kappa shape index (κ3) is 12.2. The summed E-state index contributed by atoms with van der Waals surface area (Å²) in [7, 11) is 3.30. The zero-order valence-electron chi connectivity index (χ0n) is 43.8. The van der Waals surface area contributed by atoms with Gasteiger partial charge in [-0.3, -0.25) is 4.79 Å². The Labute approximate surface area is 417 Å². The SMILES string of the molecule is CCCCCNC(=O)N[C@@H]1[C@H](C)O[C@@H](O[C@H]2[C@H](C)O[C@@H](O[C@@H]3/C(C)=C/C[C@@H]4C[C@@H](C[C@]5(C=C[C@H](C)[C@@H]([C@@H](C)CC)C5)O4)OC(=O)[C@@H]4C=C(C)[C@@H](O)[C@H]5OC/C(=C\C=C\[C@@H]3C)[C@]54O)C[C@@H]2OC)C[C@@H]1OC. The van der Waals surface area contributed by atoms with Crippen molar-refractivity contribution in [1.29, 1.82) is 0 Å². The van der Waals surface area contributed by atoms with Crippen LogP contribution in [-0.2, 0) is 47.4 Å². The highest BCUT2D eigenvalue weighted by Gasteiger charge is 2.60. The number of hydrogen-bond acceptors (Lipinski definition) is 13. The maximum absolute atomic E-state index is 14.5. The number of carbonyl (C=O) groups is 2. The van der Waals surface area contributed by atoms with Crippen LogP contribution in [0.3, 0.4) is 0 Å². The van der Waals surface area contributed by atoms with Crippen LogP contribution in [0.5, 0.6) is 0 Å². The van der Waals surface area contributed by atoms with Gasteiger partial charge in [0, 0.05) is 52.4 Å². The first-order valence-corrected chi connectivity index (χ1v) is 26.5. The third-order valence-electron chi connectivity index (χ3n) is 16.6. The summed E-state index contributed by atoms with van der Waals surface area (Å²) in [6, 6.07) is -0.608. The minimum Gasteiger partial charge on any atom is -0.462 e. The maximum Gasteiger partial charge on any atom is 0.316 e. The molecule has 4 saturated heterocycles. The summed E-state index contributed by atoms with van der Waals surface area (Å²) in [4.78, 5) is 27.2. The summed E-state index contributed by atoms with van der Waals surface area (Å²) < 4.78 is 58.4. The topological polar surface area (TPSA) is 182 Å². The van der Waals surface area contributed by atoms with E-state index in [1.165, 1.54) is 0 Å². The quantitative estimate of drug-likeness (QED) is 0.0809. The van der Waals surface area contributed by atoms with Crippen molar-refractivity contribution in [2.24, 2.45) is 29.6 Å². The number of aliphatic hydroxyl groups excluding tert-OH is 1. The number of esters is 1. The molecule has 0 aromatic carbocycles. The molecule has 0 saturated carbocycles. The van der Waals surface area contributed by atoms with Crippen molar-refractivity contribution in [3.8, 4) is 0 Å². The van der Waals surface area contributed by atoms with E-state index in [1.807, 2.05) is 26.0 Å². The fraction of sp³-hybridized carbons (Fsp3) is 0.782. The highest BCUT2D eigenvalue weighted by atomic mass is 16.7. The molecular weight excluding hydrogens is 897 g/mol. The monoisotopic (exact) mass is 983 g/mol. The number of ether oxygens (including phenoxy) is 9. The van der Waals surface area contributed by atoms with Gasteiger partial charge >= 0.3 is 12.0 Å². The van der Waals surface area contributed by atoms with Gasteiger partial charge in [0.05, 0.1) is 54.9 Å². The van der Waals surface area contributed by atoms with E-state index < -0.39 is 78.4 Å². The summed E-state index contributed by atoms with van der Waals surface area (Å²) in [5.41, 5.74) is -0.397. The van der Waals surface area contributed by atoms with Crippen molar-refractivity contribution in [3.05, 3.63) is 59.3 Å². The first-order chi connectivity index (χ1) is 33.4. The number of methoxy groups -OCH3 is 2. The molecule has 7 aliphatic rings. The van der Waals surface area contributed by atoms with E-state index in [2.05, 4.69) is 70.4 Å². The van der Waals surface area contributed by atoms with E-state index in [4.69, 9.17) is 42.6 Å². The molecule has 0 aromatic heterocycles. The number of nitrogens with one attached hydrogen (secondary N) is 2. The van der Waals surface area contributed by atoms with Crippen LogP contribution in [0.1, 0.15) is 127 Å². The van der Waals surface area contributed by atoms with E-state index in [1.54, 1.807) is 33.3 Å². The number of fused-ring (bicyclic) bond motifs is 2. The van der Waals surface area contributed by atoms with Crippen LogP contribution < -0.4 is 10.6 Å². The molecule has 1 spiro atoms. The number of amides is 2. The molecule has 2 bridgehead atoms. The molecule has 15 heteroatoms. The van der Waals surface area contributed by atoms with Gasteiger partial charge in [0.15, 0.2) is 12.6 Å². The Bertz CT molecular complexity index is 1940. The van der Waals surface area contributed by atoms with Gasteiger partial charge in [-0.2, -0.15) is 0 Å². The van der Waals surface area contributed by atoms with Gasteiger partial charge in [-0.15, -0.1) is 0 Å². The molecule has 70 heavy (non-hydrogen) atoms. The Hall–Kier alpha value is -2.96. The Morgan fingerprint density at radius 1 is 0.914 bits per heavy atom. The van der Waals surface area contributed by atoms with Crippen molar-refractivity contribution >= 4 is 12.0 Å². The number of rotatable bonds is 13. The van der Waals surface area contributed by atoms with E-state index in [-0.39, 0.29) is 42.9 Å². The molecule has 2 aliphatic carbocycles. The Morgan fingerprint density at radius 3 is 2.37 bits per heavy atom. The first-order valence-electron chi connectivity index (χ1n) is 26.5. The number of hydrogen-bond donors (Lipinski definition) is 4. The van der Waals surface area contributed by atoms with Crippen LogP contribution >= 0.6 is 0 Å². The van der Waals surface area contributed by atoms with Gasteiger partial charge in [0.2, 0.25) is 0 Å². The van der Waals surface area contributed by atoms with Gasteiger partial charge in [0.1, 0.15) is 35.9 Å². The van der Waals surface area contributed by atoms with Crippen LogP contribution in [0.2, 0.25) is 0 Å². The minimum absolute atomic E-state index is 0.0450. The summed E-state index contributed by atoms with van der Waals surface area (Å²) >= 11 is 0. The number of unbranched alkanes of at least 4 members (excludes halogenated alkanes) is 2. The number of urea groups is 1. The maximum atomic E-state index is 14.5. The van der Waals surface area contributed by atoms with Crippen LogP contribution in [0.15, 0.2) is 59.3 Å². The van der Waals surface area contributed by atoms with E-state index in [9.17, 15) is 19.8 Å². The molecule has 4 N–H and O–H groups in total. The molecule has 394 valence electrons. The summed E-state index contributed by atoms with van der Waals surface area (Å²) in [5.74, 6) is -0.525. The van der Waals surface area contributed by atoms with E-state index in [0.717, 1.165) is 37.7 Å². The second-order valence-corrected chi connectivity index (χ2v) is 21.6. The molecule has 0 aromatic rings. The van der Waals surface area contributed by atoms with Crippen LogP contribution in [0, 0.1) is 29.6 Å². The van der Waals surface area contributed by atoms with Gasteiger partial charge in [0.25, 0.3) is 0 Å². The lowest BCUT2D eigenvalue weighted by molar-refractivity contribution is -0.311. The average Bonchev–Trinajstić information content (AvgIpc) is 3.67. The predicted molar refractivity (Wildman–Crippen MR) is 264 cm³/mol. The lowest BCUT2D eigenvalue weighted by Gasteiger charge is -2.48.